The van der Waals surface area contributed by atoms with Crippen LogP contribution in [0.1, 0.15) is 16.5 Å². The van der Waals surface area contributed by atoms with Crippen molar-refractivity contribution in [3.05, 3.63) is 51.2 Å². The van der Waals surface area contributed by atoms with Crippen LogP contribution < -0.4 is 10.1 Å². The van der Waals surface area contributed by atoms with Crippen molar-refractivity contribution in [2.24, 2.45) is 0 Å². The van der Waals surface area contributed by atoms with Crippen LogP contribution in [0.25, 0.3) is 0 Å². The first kappa shape index (κ1) is 17.5. The van der Waals surface area contributed by atoms with E-state index in [1.165, 1.54) is 12.1 Å². The number of thiophene rings is 1. The van der Waals surface area contributed by atoms with Crippen LogP contribution in [-0.2, 0) is 0 Å². The number of halogens is 4. The summed E-state index contributed by atoms with van der Waals surface area (Å²) in [5, 5.41) is 5.90. The van der Waals surface area contributed by atoms with Gasteiger partial charge in [0.1, 0.15) is 5.75 Å². The first-order chi connectivity index (χ1) is 11.4. The van der Waals surface area contributed by atoms with Gasteiger partial charge in [-0.05, 0) is 29.1 Å². The molecule has 3 rings (SSSR count). The lowest BCUT2D eigenvalue weighted by molar-refractivity contribution is -0.274. The number of piperazine rings is 1. The van der Waals surface area contributed by atoms with E-state index in [0.717, 1.165) is 36.6 Å². The van der Waals surface area contributed by atoms with E-state index in [9.17, 15) is 13.2 Å². The predicted molar refractivity (Wildman–Crippen MR) is 88.7 cm³/mol. The number of nitrogens with one attached hydrogen (secondary N) is 1. The molecule has 24 heavy (non-hydrogen) atoms. The third-order valence-electron chi connectivity index (χ3n) is 3.84. The summed E-state index contributed by atoms with van der Waals surface area (Å²) in [6.45, 7) is 3.43. The summed E-state index contributed by atoms with van der Waals surface area (Å²) in [6, 6.07) is 7.81. The van der Waals surface area contributed by atoms with Crippen molar-refractivity contribution in [3.63, 3.8) is 0 Å². The van der Waals surface area contributed by atoms with Crippen LogP contribution in [0.3, 0.4) is 0 Å². The van der Waals surface area contributed by atoms with Gasteiger partial charge < -0.3 is 10.1 Å². The van der Waals surface area contributed by atoms with Crippen LogP contribution in [0.2, 0.25) is 5.02 Å². The van der Waals surface area contributed by atoms with Gasteiger partial charge in [-0.15, -0.1) is 24.5 Å². The largest absolute Gasteiger partial charge is 0.573 e. The Bertz CT molecular complexity index is 669. The first-order valence-corrected chi connectivity index (χ1v) is 8.73. The molecule has 0 spiro atoms. The number of ether oxygens (including phenoxy) is 1. The molecule has 1 aromatic carbocycles. The number of nitrogens with zero attached hydrogens (tertiary/aromatic N) is 1. The molecule has 8 heteroatoms. The Hall–Kier alpha value is -1.28. The van der Waals surface area contributed by atoms with Gasteiger partial charge in [-0.1, -0.05) is 23.7 Å². The van der Waals surface area contributed by atoms with Crippen LogP contribution in [-0.4, -0.2) is 37.4 Å². The van der Waals surface area contributed by atoms with Gasteiger partial charge in [0.25, 0.3) is 0 Å². The van der Waals surface area contributed by atoms with Crippen LogP contribution in [0.5, 0.6) is 5.75 Å². The maximum atomic E-state index is 12.3. The zero-order valence-corrected chi connectivity index (χ0v) is 14.2. The highest BCUT2D eigenvalue weighted by molar-refractivity contribution is 7.10. The molecule has 2 heterocycles. The van der Waals surface area contributed by atoms with E-state index in [1.54, 1.807) is 23.5 Å². The van der Waals surface area contributed by atoms with Crippen molar-refractivity contribution in [2.45, 2.75) is 12.4 Å². The molecule has 1 atom stereocenters. The average molecular weight is 377 g/mol. The third kappa shape index (κ3) is 4.22. The smallest absolute Gasteiger partial charge is 0.406 e. The summed E-state index contributed by atoms with van der Waals surface area (Å²) in [6.07, 6.45) is -4.68. The fraction of sp³-hybridized carbons (Fsp3) is 0.375. The Labute approximate surface area is 147 Å². The molecule has 1 aliphatic heterocycles. The standard InChI is InChI=1S/C16H16ClF3N2OS/c17-13-5-10-24-15(13)14(22-8-6-21-7-9-22)11-1-3-12(4-2-11)23-16(18,19)20/h1-5,10,14,21H,6-9H2/t14-/m1/s1. The SMILES string of the molecule is FC(F)(F)Oc1ccc([C@H](c2sccc2Cl)N2CCNCC2)cc1. The van der Waals surface area contributed by atoms with Crippen LogP contribution in [0.15, 0.2) is 35.7 Å². The van der Waals surface area contributed by atoms with Crippen molar-refractivity contribution in [3.8, 4) is 5.75 Å². The second kappa shape index (κ2) is 7.31. The monoisotopic (exact) mass is 376 g/mol. The number of hydrogen-bond acceptors (Lipinski definition) is 4. The fourth-order valence-corrected chi connectivity index (χ4v) is 4.14. The van der Waals surface area contributed by atoms with E-state index in [4.69, 9.17) is 11.6 Å². The number of hydrogen-bond donors (Lipinski definition) is 1. The van der Waals surface area contributed by atoms with E-state index in [2.05, 4.69) is 15.0 Å². The number of benzene rings is 1. The van der Waals surface area contributed by atoms with E-state index in [1.807, 2.05) is 11.4 Å². The van der Waals surface area contributed by atoms with Crippen molar-refractivity contribution < 1.29 is 17.9 Å². The molecule has 1 aliphatic rings. The Kier molecular flexibility index (Phi) is 5.34. The summed E-state index contributed by atoms with van der Waals surface area (Å²) < 4.78 is 40.9. The van der Waals surface area contributed by atoms with Crippen molar-refractivity contribution in [1.29, 1.82) is 0 Å². The highest BCUT2D eigenvalue weighted by Crippen LogP contribution is 2.38. The van der Waals surface area contributed by atoms with Gasteiger partial charge in [0.15, 0.2) is 0 Å². The normalized spacial score (nSPS) is 17.7. The van der Waals surface area contributed by atoms with E-state index in [0.29, 0.717) is 5.02 Å². The Morgan fingerprint density at radius 1 is 1.12 bits per heavy atom. The first-order valence-electron chi connectivity index (χ1n) is 7.47. The molecule has 130 valence electrons. The zero-order valence-electron chi connectivity index (χ0n) is 12.6. The van der Waals surface area contributed by atoms with Gasteiger partial charge >= 0.3 is 6.36 Å². The van der Waals surface area contributed by atoms with E-state index in [-0.39, 0.29) is 11.8 Å². The summed E-state index contributed by atoms with van der Waals surface area (Å²) in [5.74, 6) is -0.220. The van der Waals surface area contributed by atoms with E-state index >= 15 is 0 Å². The fourth-order valence-electron chi connectivity index (χ4n) is 2.82. The van der Waals surface area contributed by atoms with Gasteiger partial charge in [0.2, 0.25) is 0 Å². The molecule has 0 bridgehead atoms. The van der Waals surface area contributed by atoms with Gasteiger partial charge in [-0.2, -0.15) is 0 Å². The molecule has 3 nitrogen and oxygen atoms in total. The molecule has 0 aliphatic carbocycles. The Morgan fingerprint density at radius 2 is 1.79 bits per heavy atom. The van der Waals surface area contributed by atoms with Crippen molar-refractivity contribution in [1.82, 2.24) is 10.2 Å². The minimum Gasteiger partial charge on any atom is -0.406 e. The van der Waals surface area contributed by atoms with Gasteiger partial charge in [0, 0.05) is 31.1 Å². The minimum absolute atomic E-state index is 0.0699. The quantitative estimate of drug-likeness (QED) is 0.861. The second-order valence-electron chi connectivity index (χ2n) is 5.44. The summed E-state index contributed by atoms with van der Waals surface area (Å²) in [4.78, 5) is 3.29. The lowest BCUT2D eigenvalue weighted by atomic mass is 10.0. The molecule has 0 radical (unpaired) electrons. The highest BCUT2D eigenvalue weighted by Gasteiger charge is 2.31. The highest BCUT2D eigenvalue weighted by atomic mass is 35.5. The molecule has 0 saturated carbocycles. The predicted octanol–water partition coefficient (Wildman–Crippen LogP) is 4.29. The lowest BCUT2D eigenvalue weighted by Gasteiger charge is -2.35. The molecule has 0 amide bonds. The third-order valence-corrected chi connectivity index (χ3v) is 5.25. The molecule has 0 unspecified atom stereocenters. The minimum atomic E-state index is -4.68. The molecule has 1 saturated heterocycles. The molecule has 1 fully saturated rings. The van der Waals surface area contributed by atoms with Gasteiger partial charge in [0.05, 0.1) is 11.1 Å². The molecular weight excluding hydrogens is 361 g/mol. The molecule has 2 aromatic rings. The van der Waals surface area contributed by atoms with Crippen LogP contribution in [0.4, 0.5) is 13.2 Å². The number of rotatable bonds is 4. The maximum Gasteiger partial charge on any atom is 0.573 e. The van der Waals surface area contributed by atoms with E-state index < -0.39 is 6.36 Å². The Balaban J connectivity index is 1.89. The summed E-state index contributed by atoms with van der Waals surface area (Å²) >= 11 is 7.87. The summed E-state index contributed by atoms with van der Waals surface area (Å²) in [5.41, 5.74) is 0.899. The van der Waals surface area contributed by atoms with Crippen LogP contribution in [0, 0.1) is 0 Å². The second-order valence-corrected chi connectivity index (χ2v) is 6.79. The van der Waals surface area contributed by atoms with Gasteiger partial charge in [-0.25, -0.2) is 0 Å². The lowest BCUT2D eigenvalue weighted by Crippen LogP contribution is -2.45. The number of alkyl halides is 3. The van der Waals surface area contributed by atoms with Crippen molar-refractivity contribution in [2.75, 3.05) is 26.2 Å². The maximum absolute atomic E-state index is 12.3. The average Bonchev–Trinajstić information content (AvgIpc) is 2.95. The summed E-state index contributed by atoms with van der Waals surface area (Å²) in [7, 11) is 0. The van der Waals surface area contributed by atoms with Crippen LogP contribution >= 0.6 is 22.9 Å². The topological polar surface area (TPSA) is 24.5 Å². The zero-order chi connectivity index (χ0) is 17.2. The Morgan fingerprint density at radius 3 is 2.33 bits per heavy atom. The van der Waals surface area contributed by atoms with Crippen molar-refractivity contribution >= 4 is 22.9 Å². The molecular formula is C16H16ClF3N2OS. The molecule has 1 aromatic heterocycles. The van der Waals surface area contributed by atoms with Gasteiger partial charge in [-0.3, -0.25) is 4.90 Å². The molecule has 1 N–H and O–H groups in total.